The van der Waals surface area contributed by atoms with E-state index in [4.69, 9.17) is 4.74 Å². The third-order valence-electron chi connectivity index (χ3n) is 5.54. The van der Waals surface area contributed by atoms with Gasteiger partial charge in [-0.05, 0) is 55.2 Å². The average Bonchev–Trinajstić information content (AvgIpc) is 3.26. The maximum atomic E-state index is 12.5. The molecule has 2 aromatic carbocycles. The monoisotopic (exact) mass is 495 g/mol. The molecule has 0 aliphatic heterocycles. The third kappa shape index (κ3) is 7.32. The standard InChI is InChI=1S/C26H33N5O3S/c1-6-31-25(18(4)27-23(32)15-19-7-13-22(34-5)14-8-19)29-30-26(31)35-16-24(33)28-21-11-9-20(10-12-21)17(2)3/h7-14,17-18H,6,15-16H2,1-5H3,(H,27,32)(H,28,33)/t18-/m1/s1. The minimum atomic E-state index is -0.323. The summed E-state index contributed by atoms with van der Waals surface area (Å²) in [6.07, 6.45) is 0.258. The molecule has 1 atom stereocenters. The van der Waals surface area contributed by atoms with Crippen LogP contribution in [0.4, 0.5) is 5.69 Å². The largest absolute Gasteiger partial charge is 0.497 e. The first kappa shape index (κ1) is 26.3. The van der Waals surface area contributed by atoms with Gasteiger partial charge >= 0.3 is 0 Å². The van der Waals surface area contributed by atoms with E-state index in [9.17, 15) is 9.59 Å². The predicted octanol–water partition coefficient (Wildman–Crippen LogP) is 4.58. The second kappa shape index (κ2) is 12.4. The number of hydrogen-bond acceptors (Lipinski definition) is 6. The second-order valence-corrected chi connectivity index (χ2v) is 9.46. The van der Waals surface area contributed by atoms with Crippen LogP contribution in [0.5, 0.6) is 5.75 Å². The van der Waals surface area contributed by atoms with Crippen molar-refractivity contribution in [1.29, 1.82) is 0 Å². The summed E-state index contributed by atoms with van der Waals surface area (Å²) in [5.74, 6) is 1.84. The lowest BCUT2D eigenvalue weighted by atomic mass is 10.0. The van der Waals surface area contributed by atoms with Crippen molar-refractivity contribution in [2.24, 2.45) is 0 Å². The number of carbonyl (C=O) groups is 2. The molecule has 1 aromatic heterocycles. The van der Waals surface area contributed by atoms with Crippen LogP contribution in [0.2, 0.25) is 0 Å². The Kier molecular flexibility index (Phi) is 9.31. The molecule has 0 saturated heterocycles. The molecule has 9 heteroatoms. The van der Waals surface area contributed by atoms with Crippen LogP contribution in [-0.4, -0.2) is 39.4 Å². The molecule has 35 heavy (non-hydrogen) atoms. The molecule has 0 aliphatic rings. The SMILES string of the molecule is CCn1c(SCC(=O)Nc2ccc(C(C)C)cc2)nnc1[C@@H](C)NC(=O)Cc1ccc(OC)cc1. The average molecular weight is 496 g/mol. The molecule has 186 valence electrons. The molecule has 2 amide bonds. The number of nitrogens with zero attached hydrogens (tertiary/aromatic N) is 3. The Morgan fingerprint density at radius 3 is 2.29 bits per heavy atom. The number of thioether (sulfide) groups is 1. The van der Waals surface area contributed by atoms with Crippen LogP contribution in [0.15, 0.2) is 53.7 Å². The molecular formula is C26H33N5O3S. The van der Waals surface area contributed by atoms with Crippen molar-refractivity contribution in [2.75, 3.05) is 18.2 Å². The van der Waals surface area contributed by atoms with E-state index in [1.165, 1.54) is 17.3 Å². The van der Waals surface area contributed by atoms with Crippen LogP contribution in [0.3, 0.4) is 0 Å². The number of carbonyl (C=O) groups excluding carboxylic acids is 2. The van der Waals surface area contributed by atoms with Gasteiger partial charge in [0, 0.05) is 12.2 Å². The van der Waals surface area contributed by atoms with Crippen LogP contribution < -0.4 is 15.4 Å². The third-order valence-corrected chi connectivity index (χ3v) is 6.51. The minimum absolute atomic E-state index is 0.106. The van der Waals surface area contributed by atoms with Gasteiger partial charge in [-0.15, -0.1) is 10.2 Å². The molecule has 0 aliphatic carbocycles. The zero-order valence-electron chi connectivity index (χ0n) is 20.9. The van der Waals surface area contributed by atoms with Crippen LogP contribution in [-0.2, 0) is 22.6 Å². The molecule has 8 nitrogen and oxygen atoms in total. The van der Waals surface area contributed by atoms with E-state index >= 15 is 0 Å². The number of amides is 2. The van der Waals surface area contributed by atoms with Crippen LogP contribution in [0.25, 0.3) is 0 Å². The number of nitrogens with one attached hydrogen (secondary N) is 2. The van der Waals surface area contributed by atoms with Crippen molar-refractivity contribution in [3.8, 4) is 5.75 Å². The summed E-state index contributed by atoms with van der Waals surface area (Å²) in [5.41, 5.74) is 2.89. The van der Waals surface area contributed by atoms with E-state index in [1.807, 2.05) is 66.9 Å². The van der Waals surface area contributed by atoms with Crippen molar-refractivity contribution in [1.82, 2.24) is 20.1 Å². The number of methoxy groups -OCH3 is 1. The zero-order valence-corrected chi connectivity index (χ0v) is 21.7. The molecule has 0 spiro atoms. The molecular weight excluding hydrogens is 462 g/mol. The van der Waals surface area contributed by atoms with Gasteiger partial charge in [-0.25, -0.2) is 0 Å². The van der Waals surface area contributed by atoms with E-state index in [0.717, 1.165) is 17.0 Å². The topological polar surface area (TPSA) is 98.1 Å². The van der Waals surface area contributed by atoms with Crippen molar-refractivity contribution < 1.29 is 14.3 Å². The van der Waals surface area contributed by atoms with Crippen LogP contribution >= 0.6 is 11.8 Å². The molecule has 0 unspecified atom stereocenters. The summed E-state index contributed by atoms with van der Waals surface area (Å²) in [6.45, 7) is 8.76. The number of aromatic nitrogens is 3. The van der Waals surface area contributed by atoms with Gasteiger partial charge in [0.05, 0.1) is 25.3 Å². The zero-order chi connectivity index (χ0) is 25.4. The van der Waals surface area contributed by atoms with Gasteiger partial charge < -0.3 is 19.9 Å². The van der Waals surface area contributed by atoms with Gasteiger partial charge in [-0.3, -0.25) is 9.59 Å². The Morgan fingerprint density at radius 1 is 1.00 bits per heavy atom. The highest BCUT2D eigenvalue weighted by Gasteiger charge is 2.20. The fraction of sp³-hybridized carbons (Fsp3) is 0.385. The van der Waals surface area contributed by atoms with E-state index in [2.05, 4.69) is 34.7 Å². The van der Waals surface area contributed by atoms with Crippen molar-refractivity contribution >= 4 is 29.3 Å². The van der Waals surface area contributed by atoms with E-state index in [1.54, 1.807) is 7.11 Å². The summed E-state index contributed by atoms with van der Waals surface area (Å²) in [7, 11) is 1.61. The Labute approximate surface area is 210 Å². The van der Waals surface area contributed by atoms with Crippen LogP contribution in [0, 0.1) is 0 Å². The van der Waals surface area contributed by atoms with E-state index in [0.29, 0.717) is 23.4 Å². The minimum Gasteiger partial charge on any atom is -0.497 e. The number of benzene rings is 2. The van der Waals surface area contributed by atoms with Gasteiger partial charge in [0.1, 0.15) is 5.75 Å². The van der Waals surface area contributed by atoms with E-state index < -0.39 is 0 Å². The molecule has 0 saturated carbocycles. The summed E-state index contributed by atoms with van der Waals surface area (Å²) in [6, 6.07) is 15.0. The molecule has 3 rings (SSSR count). The fourth-order valence-electron chi connectivity index (χ4n) is 3.59. The predicted molar refractivity (Wildman–Crippen MR) is 139 cm³/mol. The molecule has 0 fully saturated rings. The molecule has 0 radical (unpaired) electrons. The second-order valence-electron chi connectivity index (χ2n) is 8.51. The first-order valence-corrected chi connectivity index (χ1v) is 12.7. The highest BCUT2D eigenvalue weighted by atomic mass is 32.2. The van der Waals surface area contributed by atoms with Crippen molar-refractivity contribution in [3.63, 3.8) is 0 Å². The lowest BCUT2D eigenvalue weighted by Crippen LogP contribution is -2.30. The Hall–Kier alpha value is -3.33. The Bertz CT molecular complexity index is 1130. The van der Waals surface area contributed by atoms with Gasteiger partial charge in [0.2, 0.25) is 11.8 Å². The van der Waals surface area contributed by atoms with Gasteiger partial charge in [-0.2, -0.15) is 0 Å². The summed E-state index contributed by atoms with van der Waals surface area (Å²) in [5, 5.41) is 15.1. The first-order valence-electron chi connectivity index (χ1n) is 11.7. The lowest BCUT2D eigenvalue weighted by Gasteiger charge is -2.15. The molecule has 3 aromatic rings. The smallest absolute Gasteiger partial charge is 0.234 e. The maximum Gasteiger partial charge on any atom is 0.234 e. The number of rotatable bonds is 11. The Balaban J connectivity index is 1.55. The Morgan fingerprint density at radius 2 is 1.69 bits per heavy atom. The van der Waals surface area contributed by atoms with Crippen LogP contribution in [0.1, 0.15) is 56.6 Å². The highest BCUT2D eigenvalue weighted by molar-refractivity contribution is 7.99. The van der Waals surface area contributed by atoms with E-state index in [-0.39, 0.29) is 30.0 Å². The number of anilines is 1. The molecule has 2 N–H and O–H groups in total. The molecule has 0 bridgehead atoms. The number of hydrogen-bond donors (Lipinski definition) is 2. The lowest BCUT2D eigenvalue weighted by molar-refractivity contribution is -0.121. The summed E-state index contributed by atoms with van der Waals surface area (Å²) >= 11 is 1.32. The number of ether oxygens (including phenoxy) is 1. The van der Waals surface area contributed by atoms with Crippen molar-refractivity contribution in [2.45, 2.75) is 57.8 Å². The normalized spacial score (nSPS) is 11.8. The summed E-state index contributed by atoms with van der Waals surface area (Å²) in [4.78, 5) is 25.0. The summed E-state index contributed by atoms with van der Waals surface area (Å²) < 4.78 is 7.08. The first-order chi connectivity index (χ1) is 16.8. The van der Waals surface area contributed by atoms with Crippen molar-refractivity contribution in [3.05, 3.63) is 65.5 Å². The fourth-order valence-corrected chi connectivity index (χ4v) is 4.40. The van der Waals surface area contributed by atoms with Gasteiger partial charge in [0.25, 0.3) is 0 Å². The van der Waals surface area contributed by atoms with Gasteiger partial charge in [0.15, 0.2) is 11.0 Å². The van der Waals surface area contributed by atoms with Gasteiger partial charge in [-0.1, -0.05) is 49.9 Å². The quantitative estimate of drug-likeness (QED) is 0.378. The molecule has 1 heterocycles. The highest BCUT2D eigenvalue weighted by Crippen LogP contribution is 2.22. The maximum absolute atomic E-state index is 12.5.